The predicted molar refractivity (Wildman–Crippen MR) is 58.2 cm³/mol. The van der Waals surface area contributed by atoms with Gasteiger partial charge in [-0.05, 0) is 18.1 Å². The van der Waals surface area contributed by atoms with E-state index in [4.69, 9.17) is 0 Å². The number of amides is 1. The number of carbonyl (C=O) groups excluding carboxylic acids is 1. The summed E-state index contributed by atoms with van der Waals surface area (Å²) >= 11 is 0. The quantitative estimate of drug-likeness (QED) is 0.778. The molecule has 1 aromatic carbocycles. The third-order valence-corrected chi connectivity index (χ3v) is 2.34. The molecule has 1 N–H and O–H groups in total. The van der Waals surface area contributed by atoms with Crippen LogP contribution in [0.2, 0.25) is 0 Å². The molecule has 0 spiro atoms. The molecule has 2 nitrogen and oxygen atoms in total. The second-order valence-corrected chi connectivity index (χ2v) is 3.59. The van der Waals surface area contributed by atoms with E-state index in [9.17, 15) is 4.79 Å². The molecule has 1 rings (SSSR count). The van der Waals surface area contributed by atoms with Gasteiger partial charge < -0.3 is 5.32 Å². The Balaban J connectivity index is 2.44. The van der Waals surface area contributed by atoms with E-state index in [2.05, 4.69) is 19.2 Å². The van der Waals surface area contributed by atoms with Crippen LogP contribution in [0.15, 0.2) is 30.3 Å². The van der Waals surface area contributed by atoms with E-state index < -0.39 is 0 Å². The van der Waals surface area contributed by atoms with Crippen molar-refractivity contribution >= 4 is 5.91 Å². The van der Waals surface area contributed by atoms with Gasteiger partial charge in [-0.3, -0.25) is 4.79 Å². The van der Waals surface area contributed by atoms with E-state index >= 15 is 0 Å². The van der Waals surface area contributed by atoms with Crippen LogP contribution in [-0.4, -0.2) is 12.5 Å². The van der Waals surface area contributed by atoms with Gasteiger partial charge in [-0.1, -0.05) is 38.5 Å². The van der Waals surface area contributed by atoms with E-state index in [1.54, 1.807) is 0 Å². The Morgan fingerprint density at radius 2 is 2.00 bits per heavy atom. The predicted octanol–water partition coefficient (Wildman–Crippen LogP) is 2.46. The summed E-state index contributed by atoms with van der Waals surface area (Å²) in [5.74, 6) is 0.563. The van der Waals surface area contributed by atoms with Crippen molar-refractivity contribution < 1.29 is 4.79 Å². The molecule has 0 saturated carbocycles. The molecule has 14 heavy (non-hydrogen) atoms. The van der Waals surface area contributed by atoms with Crippen molar-refractivity contribution in [2.75, 3.05) is 6.54 Å². The van der Waals surface area contributed by atoms with Crippen molar-refractivity contribution in [3.05, 3.63) is 35.9 Å². The summed E-state index contributed by atoms with van der Waals surface area (Å²) in [6.45, 7) is 5.01. The van der Waals surface area contributed by atoms with Gasteiger partial charge in [0.05, 0.1) is 0 Å². The van der Waals surface area contributed by atoms with Crippen LogP contribution in [0.3, 0.4) is 0 Å². The van der Waals surface area contributed by atoms with Crippen LogP contribution in [0.25, 0.3) is 0 Å². The molecular formula is C12H17NO. The third kappa shape index (κ3) is 3.21. The van der Waals surface area contributed by atoms with Gasteiger partial charge in [-0.25, -0.2) is 0 Å². The molecule has 0 aliphatic carbocycles. The van der Waals surface area contributed by atoms with E-state index in [1.165, 1.54) is 0 Å². The van der Waals surface area contributed by atoms with Gasteiger partial charge in [0, 0.05) is 12.1 Å². The normalized spacial score (nSPS) is 12.1. The van der Waals surface area contributed by atoms with Crippen molar-refractivity contribution in [2.24, 2.45) is 5.92 Å². The maximum atomic E-state index is 11.6. The summed E-state index contributed by atoms with van der Waals surface area (Å²) in [5.41, 5.74) is 0.732. The molecule has 0 radical (unpaired) electrons. The molecule has 1 amide bonds. The Morgan fingerprint density at radius 3 is 2.57 bits per heavy atom. The zero-order chi connectivity index (χ0) is 10.4. The summed E-state index contributed by atoms with van der Waals surface area (Å²) in [6.07, 6.45) is 1.09. The zero-order valence-electron chi connectivity index (χ0n) is 8.79. The van der Waals surface area contributed by atoms with Gasteiger partial charge in [-0.2, -0.15) is 0 Å². The number of rotatable bonds is 4. The van der Waals surface area contributed by atoms with Crippen LogP contribution in [0.5, 0.6) is 0 Å². The van der Waals surface area contributed by atoms with Gasteiger partial charge in [0.25, 0.3) is 5.91 Å². The first-order chi connectivity index (χ1) is 6.74. The highest BCUT2D eigenvalue weighted by Crippen LogP contribution is 2.00. The van der Waals surface area contributed by atoms with Crippen molar-refractivity contribution in [1.29, 1.82) is 0 Å². The molecule has 0 unspecified atom stereocenters. The Hall–Kier alpha value is -1.31. The van der Waals surface area contributed by atoms with Crippen molar-refractivity contribution in [2.45, 2.75) is 20.3 Å². The first kappa shape index (κ1) is 10.8. The molecular weight excluding hydrogens is 174 g/mol. The first-order valence-electron chi connectivity index (χ1n) is 5.07. The highest BCUT2D eigenvalue weighted by molar-refractivity contribution is 5.94. The van der Waals surface area contributed by atoms with E-state index in [0.717, 1.165) is 18.5 Å². The smallest absolute Gasteiger partial charge is 0.251 e. The number of carbonyl (C=O) groups is 1. The van der Waals surface area contributed by atoms with E-state index in [1.807, 2.05) is 30.3 Å². The average molecular weight is 191 g/mol. The summed E-state index contributed by atoms with van der Waals surface area (Å²) in [6, 6.07) is 9.31. The fraction of sp³-hybridized carbons (Fsp3) is 0.417. The highest BCUT2D eigenvalue weighted by atomic mass is 16.1. The first-order valence-corrected chi connectivity index (χ1v) is 5.07. The standard InChI is InChI=1S/C12H17NO/c1-3-10(2)9-13-12(14)11-7-5-4-6-8-11/h4-8,10H,3,9H2,1-2H3,(H,13,14)/t10-/m1/s1. The molecule has 0 bridgehead atoms. The lowest BCUT2D eigenvalue weighted by Crippen LogP contribution is -2.27. The van der Waals surface area contributed by atoms with E-state index in [-0.39, 0.29) is 5.91 Å². The number of hydrogen-bond acceptors (Lipinski definition) is 1. The fourth-order valence-corrected chi connectivity index (χ4v) is 1.10. The molecule has 2 heteroatoms. The van der Waals surface area contributed by atoms with Gasteiger partial charge >= 0.3 is 0 Å². The van der Waals surface area contributed by atoms with Crippen LogP contribution in [-0.2, 0) is 0 Å². The molecule has 1 aromatic rings. The third-order valence-electron chi connectivity index (χ3n) is 2.34. The summed E-state index contributed by atoms with van der Waals surface area (Å²) < 4.78 is 0. The van der Waals surface area contributed by atoms with Crippen LogP contribution in [0.4, 0.5) is 0 Å². The maximum absolute atomic E-state index is 11.6. The lowest BCUT2D eigenvalue weighted by atomic mass is 10.1. The summed E-state index contributed by atoms with van der Waals surface area (Å²) in [7, 11) is 0. The van der Waals surface area contributed by atoms with Gasteiger partial charge in [-0.15, -0.1) is 0 Å². The molecule has 0 aliphatic rings. The monoisotopic (exact) mass is 191 g/mol. The van der Waals surface area contributed by atoms with Gasteiger partial charge in [0.1, 0.15) is 0 Å². The Labute approximate surface area is 85.3 Å². The molecule has 0 aliphatic heterocycles. The van der Waals surface area contributed by atoms with Crippen molar-refractivity contribution in [1.82, 2.24) is 5.32 Å². The van der Waals surface area contributed by atoms with Crippen molar-refractivity contribution in [3.8, 4) is 0 Å². The topological polar surface area (TPSA) is 29.1 Å². The SMILES string of the molecule is CC[C@@H](C)CNC(=O)c1ccccc1. The number of benzene rings is 1. The maximum Gasteiger partial charge on any atom is 0.251 e. The highest BCUT2D eigenvalue weighted by Gasteiger charge is 2.05. The van der Waals surface area contributed by atoms with E-state index in [0.29, 0.717) is 5.92 Å². The Morgan fingerprint density at radius 1 is 1.36 bits per heavy atom. The molecule has 0 saturated heterocycles. The number of nitrogens with one attached hydrogen (secondary N) is 1. The van der Waals surface area contributed by atoms with Crippen LogP contribution in [0.1, 0.15) is 30.6 Å². The number of hydrogen-bond donors (Lipinski definition) is 1. The second-order valence-electron chi connectivity index (χ2n) is 3.59. The Bertz CT molecular complexity index is 282. The molecule has 0 heterocycles. The molecule has 0 fully saturated rings. The second kappa shape index (κ2) is 5.43. The summed E-state index contributed by atoms with van der Waals surface area (Å²) in [4.78, 5) is 11.6. The summed E-state index contributed by atoms with van der Waals surface area (Å²) in [5, 5.41) is 2.91. The Kier molecular flexibility index (Phi) is 4.17. The lowest BCUT2D eigenvalue weighted by Gasteiger charge is -2.09. The minimum absolute atomic E-state index is 0.0194. The average Bonchev–Trinajstić information content (AvgIpc) is 2.26. The van der Waals surface area contributed by atoms with Crippen LogP contribution in [0, 0.1) is 5.92 Å². The minimum atomic E-state index is 0.0194. The molecule has 0 aromatic heterocycles. The lowest BCUT2D eigenvalue weighted by molar-refractivity contribution is 0.0948. The van der Waals surface area contributed by atoms with Crippen LogP contribution >= 0.6 is 0 Å². The zero-order valence-corrected chi connectivity index (χ0v) is 8.79. The van der Waals surface area contributed by atoms with Crippen molar-refractivity contribution in [3.63, 3.8) is 0 Å². The van der Waals surface area contributed by atoms with Gasteiger partial charge in [0.2, 0.25) is 0 Å². The van der Waals surface area contributed by atoms with Gasteiger partial charge in [0.15, 0.2) is 0 Å². The fourth-order valence-electron chi connectivity index (χ4n) is 1.10. The minimum Gasteiger partial charge on any atom is -0.352 e. The molecule has 76 valence electrons. The largest absolute Gasteiger partial charge is 0.352 e. The molecule has 1 atom stereocenters. The van der Waals surface area contributed by atoms with Crippen LogP contribution < -0.4 is 5.32 Å².